The number of ether oxygens (including phenoxy) is 2. The van der Waals surface area contributed by atoms with E-state index < -0.39 is 28.7 Å². The number of esters is 1. The Bertz CT molecular complexity index is 1450. The van der Waals surface area contributed by atoms with E-state index in [1.807, 2.05) is 57.2 Å². The fourth-order valence-corrected chi connectivity index (χ4v) is 6.41. The number of rotatable bonds is 5. The Labute approximate surface area is 221 Å². The first-order valence-corrected chi connectivity index (χ1v) is 13.3. The van der Waals surface area contributed by atoms with Gasteiger partial charge in [0.05, 0.1) is 17.4 Å². The number of aromatic nitrogens is 2. The molecule has 3 aromatic rings. The van der Waals surface area contributed by atoms with Crippen LogP contribution in [0.15, 0.2) is 53.3 Å². The quantitative estimate of drug-likeness (QED) is 0.392. The molecule has 2 N–H and O–H groups in total. The van der Waals surface area contributed by atoms with Crippen molar-refractivity contribution in [1.82, 2.24) is 14.9 Å². The predicted octanol–water partition coefficient (Wildman–Crippen LogP) is 3.06. The van der Waals surface area contributed by atoms with E-state index in [0.717, 1.165) is 31.9 Å². The number of carbonyl (C=O) groups excluding carboxylic acids is 1. The second-order valence-corrected chi connectivity index (χ2v) is 11.5. The molecule has 0 radical (unpaired) electrons. The summed E-state index contributed by atoms with van der Waals surface area (Å²) in [6.07, 6.45) is 0.262. The first kappa shape index (κ1) is 25.0. The maximum Gasteiger partial charge on any atom is 0.344 e. The van der Waals surface area contributed by atoms with Crippen molar-refractivity contribution in [3.63, 3.8) is 0 Å². The van der Waals surface area contributed by atoms with Gasteiger partial charge in [-0.2, -0.15) is 0 Å². The van der Waals surface area contributed by atoms with Gasteiger partial charge in [0.25, 0.3) is 5.56 Å². The zero-order valence-electron chi connectivity index (χ0n) is 22.1. The number of piperazine rings is 1. The van der Waals surface area contributed by atoms with Gasteiger partial charge in [-0.25, -0.2) is 9.78 Å². The molecular weight excluding hydrogens is 484 g/mol. The highest BCUT2D eigenvalue weighted by atomic mass is 16.7. The van der Waals surface area contributed by atoms with Gasteiger partial charge in [0, 0.05) is 48.8 Å². The van der Waals surface area contributed by atoms with E-state index in [9.17, 15) is 14.7 Å². The number of nitrogens with one attached hydrogen (secondary N) is 1. The summed E-state index contributed by atoms with van der Waals surface area (Å²) < 4.78 is 11.7. The lowest BCUT2D eigenvalue weighted by atomic mass is 9.66. The number of anilines is 1. The Hall–Kier alpha value is -3.27. The molecule has 0 amide bonds. The summed E-state index contributed by atoms with van der Waals surface area (Å²) in [5.74, 6) is 0.693. The molecule has 200 valence electrons. The molecule has 3 heterocycles. The number of benzene rings is 2. The molecule has 9 nitrogen and oxygen atoms in total. The maximum atomic E-state index is 13.4. The number of fused-ring (bicyclic) bond motifs is 3. The van der Waals surface area contributed by atoms with Gasteiger partial charge in [-0.1, -0.05) is 39.0 Å². The molecule has 1 saturated carbocycles. The highest BCUT2D eigenvalue weighted by molar-refractivity contribution is 5.84. The lowest BCUT2D eigenvalue weighted by Gasteiger charge is -2.37. The fraction of sp³-hybridized carbons (Fsp3) is 0.483. The van der Waals surface area contributed by atoms with Gasteiger partial charge < -0.3 is 24.5 Å². The molecule has 2 unspecified atom stereocenters. The molecule has 3 atom stereocenters. The van der Waals surface area contributed by atoms with Crippen molar-refractivity contribution in [2.45, 2.75) is 52.0 Å². The normalized spacial score (nSPS) is 28.6. The molecule has 9 heteroatoms. The average molecular weight is 519 g/mol. The molecule has 2 aromatic carbocycles. The Kier molecular flexibility index (Phi) is 5.86. The number of aromatic amines is 1. The van der Waals surface area contributed by atoms with E-state index in [4.69, 9.17) is 9.47 Å². The van der Waals surface area contributed by atoms with Crippen LogP contribution in [0.3, 0.4) is 0 Å². The van der Waals surface area contributed by atoms with Crippen molar-refractivity contribution in [1.29, 1.82) is 0 Å². The van der Waals surface area contributed by atoms with Gasteiger partial charge in [-0.15, -0.1) is 0 Å². The molecule has 0 spiro atoms. The Morgan fingerprint density at radius 2 is 1.87 bits per heavy atom. The van der Waals surface area contributed by atoms with Crippen LogP contribution in [-0.4, -0.2) is 64.0 Å². The van der Waals surface area contributed by atoms with Crippen molar-refractivity contribution in [2.24, 2.45) is 10.8 Å². The zero-order valence-corrected chi connectivity index (χ0v) is 22.1. The molecule has 3 fully saturated rings. The highest BCUT2D eigenvalue weighted by Crippen LogP contribution is 2.67. The minimum Gasteiger partial charge on any atom is -0.424 e. The number of nitrogens with zero attached hydrogens (tertiary/aromatic N) is 3. The summed E-state index contributed by atoms with van der Waals surface area (Å²) in [4.78, 5) is 37.9. The maximum absolute atomic E-state index is 13.4. The number of aliphatic hydroxyl groups is 1. The third kappa shape index (κ3) is 3.75. The minimum absolute atomic E-state index is 0.113. The molecular formula is C29H34N4O5. The van der Waals surface area contributed by atoms with E-state index in [1.54, 1.807) is 12.1 Å². The number of carbonyl (C=O) groups is 1. The lowest BCUT2D eigenvalue weighted by Crippen LogP contribution is -2.50. The Balaban J connectivity index is 1.10. The smallest absolute Gasteiger partial charge is 0.344 e. The Morgan fingerprint density at radius 1 is 1.11 bits per heavy atom. The van der Waals surface area contributed by atoms with Crippen molar-refractivity contribution in [3.8, 4) is 5.75 Å². The third-order valence-electron chi connectivity index (χ3n) is 9.42. The number of aliphatic hydroxyl groups excluding tert-OH is 1. The van der Waals surface area contributed by atoms with Crippen molar-refractivity contribution in [2.75, 3.05) is 31.1 Å². The van der Waals surface area contributed by atoms with Gasteiger partial charge in [0.2, 0.25) is 0 Å². The van der Waals surface area contributed by atoms with E-state index in [-0.39, 0.29) is 5.56 Å². The summed E-state index contributed by atoms with van der Waals surface area (Å²) in [6, 6.07) is 14.9. The van der Waals surface area contributed by atoms with E-state index in [0.29, 0.717) is 41.9 Å². The van der Waals surface area contributed by atoms with Crippen molar-refractivity contribution >= 4 is 22.6 Å². The van der Waals surface area contributed by atoms with Gasteiger partial charge in [0.1, 0.15) is 11.6 Å². The zero-order chi connectivity index (χ0) is 26.7. The van der Waals surface area contributed by atoms with Gasteiger partial charge in [-0.05, 0) is 37.1 Å². The number of H-pyrrole nitrogens is 1. The van der Waals surface area contributed by atoms with Crippen molar-refractivity contribution in [3.05, 3.63) is 64.7 Å². The van der Waals surface area contributed by atoms with Crippen LogP contribution in [-0.2, 0) is 16.1 Å². The number of para-hydroxylation sites is 1. The SMILES string of the molecule is CC12CC[C@](C(=O)Oc3cccc(N4CCN(Cc5nc6ccccc6c(=O)[nH]5)CC4)c3)(OC1O)C2(C)C. The van der Waals surface area contributed by atoms with E-state index in [2.05, 4.69) is 19.8 Å². The molecule has 6 rings (SSSR count). The van der Waals surface area contributed by atoms with Gasteiger partial charge in [-0.3, -0.25) is 9.69 Å². The Morgan fingerprint density at radius 3 is 2.58 bits per heavy atom. The fourth-order valence-electron chi connectivity index (χ4n) is 6.41. The average Bonchev–Trinajstić information content (AvgIpc) is 3.20. The monoisotopic (exact) mass is 518 g/mol. The summed E-state index contributed by atoms with van der Waals surface area (Å²) in [5, 5.41) is 11.1. The van der Waals surface area contributed by atoms with Gasteiger partial charge in [0.15, 0.2) is 11.9 Å². The lowest BCUT2D eigenvalue weighted by molar-refractivity contribution is -0.205. The van der Waals surface area contributed by atoms with E-state index >= 15 is 0 Å². The summed E-state index contributed by atoms with van der Waals surface area (Å²) in [7, 11) is 0. The van der Waals surface area contributed by atoms with Crippen LogP contribution in [0.25, 0.3) is 10.9 Å². The topological polar surface area (TPSA) is 108 Å². The van der Waals surface area contributed by atoms with Crippen LogP contribution in [0, 0.1) is 10.8 Å². The summed E-state index contributed by atoms with van der Waals surface area (Å²) in [6.45, 7) is 9.72. The minimum atomic E-state index is -1.15. The molecule has 38 heavy (non-hydrogen) atoms. The third-order valence-corrected chi connectivity index (χ3v) is 9.42. The molecule has 3 aliphatic rings. The molecule has 2 saturated heterocycles. The first-order valence-electron chi connectivity index (χ1n) is 13.3. The van der Waals surface area contributed by atoms with Crippen LogP contribution in [0.5, 0.6) is 5.75 Å². The number of hydrogen-bond donors (Lipinski definition) is 2. The predicted molar refractivity (Wildman–Crippen MR) is 143 cm³/mol. The van der Waals surface area contributed by atoms with E-state index in [1.165, 1.54) is 0 Å². The van der Waals surface area contributed by atoms with Crippen molar-refractivity contribution < 1.29 is 19.4 Å². The van der Waals surface area contributed by atoms with Crippen LogP contribution in [0.4, 0.5) is 5.69 Å². The molecule has 2 bridgehead atoms. The van der Waals surface area contributed by atoms with Crippen LogP contribution in [0.1, 0.15) is 39.4 Å². The summed E-state index contributed by atoms with van der Waals surface area (Å²) >= 11 is 0. The highest BCUT2D eigenvalue weighted by Gasteiger charge is 2.75. The molecule has 1 aliphatic carbocycles. The van der Waals surface area contributed by atoms with Crippen LogP contribution in [0.2, 0.25) is 0 Å². The molecule has 2 aliphatic heterocycles. The van der Waals surface area contributed by atoms with Crippen LogP contribution < -0.4 is 15.2 Å². The first-order chi connectivity index (χ1) is 18.1. The second kappa shape index (κ2) is 8.90. The molecule has 1 aromatic heterocycles. The second-order valence-electron chi connectivity index (χ2n) is 11.5. The summed E-state index contributed by atoms with van der Waals surface area (Å²) in [5.41, 5.74) is -0.609. The number of hydrogen-bond acceptors (Lipinski definition) is 8. The standard InChI is InChI=1S/C29H34N4O5/c1-27(2)28(3)11-12-29(27,38-25(28)35)26(36)37-20-8-6-7-19(17-20)33-15-13-32(14-16-33)18-23-30-22-10-5-4-9-21(22)24(34)31-23/h4-10,17,25,35H,11-16,18H2,1-3H3,(H,30,31,34)/t25?,28?,29-/m1/s1. The van der Waals surface area contributed by atoms with Gasteiger partial charge >= 0.3 is 5.97 Å². The largest absolute Gasteiger partial charge is 0.424 e. The van der Waals surface area contributed by atoms with Crippen LogP contribution >= 0.6 is 0 Å².